The van der Waals surface area contributed by atoms with Crippen molar-refractivity contribution in [3.8, 4) is 0 Å². The van der Waals surface area contributed by atoms with Crippen LogP contribution in [0.25, 0.3) is 6.08 Å². The van der Waals surface area contributed by atoms with E-state index < -0.39 is 6.10 Å². The first kappa shape index (κ1) is 29.9. The molecule has 0 spiro atoms. The smallest absolute Gasteiger partial charge is 0.236 e. The van der Waals surface area contributed by atoms with Gasteiger partial charge < -0.3 is 25.3 Å². The Kier molecular flexibility index (Phi) is 17.3. The first-order valence-electron chi connectivity index (χ1n) is 11.5. The number of hydrogen-bond acceptors (Lipinski definition) is 6. The fourth-order valence-electron chi connectivity index (χ4n) is 2.85. The molecule has 7 heteroatoms. The summed E-state index contributed by atoms with van der Waals surface area (Å²) in [6, 6.07) is 5.85. The van der Waals surface area contributed by atoms with Crippen molar-refractivity contribution >= 4 is 18.3 Å². The van der Waals surface area contributed by atoms with Crippen LogP contribution < -0.4 is 5.32 Å². The minimum absolute atomic E-state index is 0.139. The number of rotatable bonds is 4. The topological polar surface area (TPSA) is 93.1 Å². The lowest BCUT2D eigenvalue weighted by atomic mass is 9.96. The van der Waals surface area contributed by atoms with Crippen LogP contribution in [0.1, 0.15) is 55.1 Å². The maximum atomic E-state index is 11.3. The van der Waals surface area contributed by atoms with Crippen molar-refractivity contribution in [2.75, 3.05) is 53.4 Å². The number of piperazine rings is 1. The Morgan fingerprint density at radius 1 is 1.22 bits per heavy atom. The summed E-state index contributed by atoms with van der Waals surface area (Å²) in [6.45, 7) is 9.84. The Morgan fingerprint density at radius 3 is 2.31 bits per heavy atom. The van der Waals surface area contributed by atoms with Crippen LogP contribution in [-0.4, -0.2) is 91.7 Å². The van der Waals surface area contributed by atoms with Crippen molar-refractivity contribution in [1.29, 1.82) is 0 Å². The lowest BCUT2D eigenvalue weighted by Crippen LogP contribution is -2.49. The number of aliphatic hydroxyl groups is 2. The van der Waals surface area contributed by atoms with E-state index in [1.807, 2.05) is 23.1 Å². The van der Waals surface area contributed by atoms with E-state index in [2.05, 4.69) is 43.3 Å². The molecule has 1 atom stereocenters. The Bertz CT molecular complexity index is 669. The van der Waals surface area contributed by atoms with E-state index in [4.69, 9.17) is 10.2 Å². The highest BCUT2D eigenvalue weighted by Gasteiger charge is 2.17. The van der Waals surface area contributed by atoms with Crippen LogP contribution in [0, 0.1) is 0 Å². The molecule has 32 heavy (non-hydrogen) atoms. The highest BCUT2D eigenvalue weighted by molar-refractivity contribution is 5.78. The van der Waals surface area contributed by atoms with E-state index in [0.29, 0.717) is 6.54 Å². The number of hydrogen-bond donors (Lipinski definition) is 3. The molecule has 182 valence electrons. The quantitative estimate of drug-likeness (QED) is 0.611. The molecule has 0 bridgehead atoms. The molecule has 3 N–H and O–H groups in total. The van der Waals surface area contributed by atoms with E-state index in [0.717, 1.165) is 50.9 Å². The molecule has 2 aliphatic rings. The van der Waals surface area contributed by atoms with Gasteiger partial charge in [0.05, 0.1) is 19.3 Å². The van der Waals surface area contributed by atoms with Gasteiger partial charge in [0.15, 0.2) is 0 Å². The molecule has 3 rings (SSSR count). The molecule has 1 aliphatic heterocycles. The second kappa shape index (κ2) is 18.5. The zero-order valence-corrected chi connectivity index (χ0v) is 20.5. The molecule has 1 aliphatic carbocycles. The Morgan fingerprint density at radius 2 is 1.81 bits per heavy atom. The fraction of sp³-hybridized carbons (Fsp3) is 0.600. The zero-order valence-electron chi connectivity index (χ0n) is 20.5. The van der Waals surface area contributed by atoms with Crippen LogP contribution in [-0.2, 0) is 11.2 Å². The molecule has 1 unspecified atom stereocenters. The molecule has 1 aromatic carbocycles. The van der Waals surface area contributed by atoms with Crippen molar-refractivity contribution in [3.63, 3.8) is 0 Å². The summed E-state index contributed by atoms with van der Waals surface area (Å²) in [5.41, 5.74) is 3.33. The van der Waals surface area contributed by atoms with Crippen LogP contribution in [0.4, 0.5) is 0 Å². The number of amides is 1. The maximum absolute atomic E-state index is 11.3. The normalized spacial score (nSPS) is 15.5. The highest BCUT2D eigenvalue weighted by atomic mass is 16.3. The fourth-order valence-corrected chi connectivity index (χ4v) is 2.85. The first-order valence-corrected chi connectivity index (χ1v) is 11.5. The average Bonchev–Trinajstić information content (AvgIpc) is 2.80. The summed E-state index contributed by atoms with van der Waals surface area (Å²) in [7, 11) is 3.88. The molecule has 1 heterocycles. The number of fused-ring (bicyclic) bond motifs is 1. The number of nitrogens with zero attached hydrogens (tertiary/aromatic N) is 2. The standard InChI is InChI=1S/C11H10O.C8H17N3O.C3H8O2.C3H8/c12-8-9-5-6-10-3-1-2-4-11(10)7-9;1-9-7-8(12)11-5-3-10(2)4-6-11;1-3(5)2-4;1-3-2/h1,3,5-8H,2,4H2;9H,3-7H2,1-2H3;3-5H,2H2,1H3;3H2,1-2H3. The Hall–Kier alpha value is -2.06. The van der Waals surface area contributed by atoms with Crippen LogP contribution in [0.2, 0.25) is 0 Å². The van der Waals surface area contributed by atoms with Gasteiger partial charge in [0.25, 0.3) is 0 Å². The van der Waals surface area contributed by atoms with Gasteiger partial charge in [0, 0.05) is 31.7 Å². The largest absolute Gasteiger partial charge is 0.394 e. The number of carbonyl (C=O) groups is 2. The summed E-state index contributed by atoms with van der Waals surface area (Å²) in [6.07, 6.45) is 8.03. The SMILES string of the molecule is CC(O)CO.CCC.CNCC(=O)N1CCN(C)CC1.O=Cc1ccc2c(c1)CCC=C2. The van der Waals surface area contributed by atoms with Gasteiger partial charge in [-0.25, -0.2) is 0 Å². The van der Waals surface area contributed by atoms with Crippen molar-refractivity contribution in [2.24, 2.45) is 0 Å². The molecule has 0 saturated carbocycles. The number of carbonyl (C=O) groups excluding carboxylic acids is 2. The maximum Gasteiger partial charge on any atom is 0.236 e. The summed E-state index contributed by atoms with van der Waals surface area (Å²) in [5.74, 6) is 0.214. The molecule has 1 fully saturated rings. The van der Waals surface area contributed by atoms with Gasteiger partial charge in [-0.05, 0) is 51.1 Å². The summed E-state index contributed by atoms with van der Waals surface area (Å²) >= 11 is 0. The van der Waals surface area contributed by atoms with E-state index in [-0.39, 0.29) is 12.5 Å². The Labute approximate surface area is 194 Å². The minimum Gasteiger partial charge on any atom is -0.394 e. The van der Waals surface area contributed by atoms with Gasteiger partial charge in [-0.3, -0.25) is 9.59 Å². The number of aldehydes is 1. The van der Waals surface area contributed by atoms with E-state index in [9.17, 15) is 9.59 Å². The molecule has 7 nitrogen and oxygen atoms in total. The van der Waals surface area contributed by atoms with Crippen molar-refractivity contribution < 1.29 is 19.8 Å². The monoisotopic (exact) mass is 449 g/mol. The number of benzene rings is 1. The number of likely N-dealkylation sites (N-methyl/N-ethyl adjacent to an activating group) is 2. The van der Waals surface area contributed by atoms with Crippen molar-refractivity contribution in [3.05, 3.63) is 41.0 Å². The average molecular weight is 450 g/mol. The third kappa shape index (κ3) is 13.4. The van der Waals surface area contributed by atoms with Crippen LogP contribution in [0.5, 0.6) is 0 Å². The second-order valence-corrected chi connectivity index (χ2v) is 7.97. The van der Waals surface area contributed by atoms with Crippen LogP contribution in [0.15, 0.2) is 24.3 Å². The highest BCUT2D eigenvalue weighted by Crippen LogP contribution is 2.19. The lowest BCUT2D eigenvalue weighted by molar-refractivity contribution is -0.131. The first-order chi connectivity index (χ1) is 15.3. The summed E-state index contributed by atoms with van der Waals surface area (Å²) in [4.78, 5) is 26.0. The van der Waals surface area contributed by atoms with Gasteiger partial charge in [0.2, 0.25) is 5.91 Å². The summed E-state index contributed by atoms with van der Waals surface area (Å²) < 4.78 is 0. The van der Waals surface area contributed by atoms with Crippen molar-refractivity contribution in [1.82, 2.24) is 15.1 Å². The molecule has 1 aromatic rings. The molecule has 1 amide bonds. The Balaban J connectivity index is 0.000000455. The molecule has 0 radical (unpaired) electrons. The molecular weight excluding hydrogens is 406 g/mol. The third-order valence-corrected chi connectivity index (χ3v) is 4.63. The lowest BCUT2D eigenvalue weighted by Gasteiger charge is -2.32. The van der Waals surface area contributed by atoms with Crippen LogP contribution >= 0.6 is 0 Å². The third-order valence-electron chi connectivity index (χ3n) is 4.63. The van der Waals surface area contributed by atoms with Gasteiger partial charge in [-0.15, -0.1) is 0 Å². The van der Waals surface area contributed by atoms with Gasteiger partial charge in [0.1, 0.15) is 6.29 Å². The van der Waals surface area contributed by atoms with Gasteiger partial charge in [-0.1, -0.05) is 44.6 Å². The predicted molar refractivity (Wildman–Crippen MR) is 132 cm³/mol. The number of aliphatic hydroxyl groups excluding tert-OH is 2. The molecule has 0 aromatic heterocycles. The van der Waals surface area contributed by atoms with Crippen LogP contribution in [0.3, 0.4) is 0 Å². The number of nitrogens with one attached hydrogen (secondary N) is 1. The minimum atomic E-state index is -0.560. The predicted octanol–water partition coefficient (Wildman–Crippen LogP) is 2.21. The second-order valence-electron chi connectivity index (χ2n) is 7.97. The summed E-state index contributed by atoms with van der Waals surface area (Å²) in [5, 5.41) is 18.9. The zero-order chi connectivity index (χ0) is 24.4. The number of allylic oxidation sites excluding steroid dienone is 1. The van der Waals surface area contributed by atoms with Gasteiger partial charge >= 0.3 is 0 Å². The van der Waals surface area contributed by atoms with E-state index in [1.54, 1.807) is 7.05 Å². The molecule has 1 saturated heterocycles. The van der Waals surface area contributed by atoms with E-state index in [1.165, 1.54) is 24.5 Å². The molecular formula is C25H43N3O4. The number of aryl methyl sites for hydroxylation is 1. The van der Waals surface area contributed by atoms with E-state index >= 15 is 0 Å². The van der Waals surface area contributed by atoms with Gasteiger partial charge in [-0.2, -0.15) is 0 Å². The van der Waals surface area contributed by atoms with Crippen molar-refractivity contribution in [2.45, 2.75) is 46.1 Å².